The topological polar surface area (TPSA) is 75.5 Å². The van der Waals surface area contributed by atoms with Crippen molar-refractivity contribution in [2.75, 3.05) is 25.5 Å². The second-order valence-corrected chi connectivity index (χ2v) is 9.65. The Kier molecular flexibility index (Phi) is 5.44. The molecule has 0 saturated heterocycles. The van der Waals surface area contributed by atoms with E-state index in [0.717, 1.165) is 22.5 Å². The van der Waals surface area contributed by atoms with Crippen LogP contribution in [0.5, 0.6) is 0 Å². The number of carbonyl (C=O) groups excluding carboxylic acids is 1. The molecule has 0 unspecified atom stereocenters. The van der Waals surface area contributed by atoms with Crippen molar-refractivity contribution in [1.29, 1.82) is 0 Å². The van der Waals surface area contributed by atoms with E-state index in [1.54, 1.807) is 34.0 Å². The summed E-state index contributed by atoms with van der Waals surface area (Å²) in [5.41, 5.74) is 3.67. The van der Waals surface area contributed by atoms with Crippen molar-refractivity contribution in [1.82, 2.24) is 14.1 Å². The minimum absolute atomic E-state index is 0.0319. The molecule has 0 aliphatic carbocycles. The van der Waals surface area contributed by atoms with Crippen LogP contribution < -0.4 is 4.90 Å². The molecule has 0 fully saturated rings. The fraction of sp³-hybridized carbons (Fsp3) is 0.273. The summed E-state index contributed by atoms with van der Waals surface area (Å²) in [4.78, 5) is 14.8. The van der Waals surface area contributed by atoms with E-state index in [1.165, 1.54) is 18.4 Å². The Bertz CT molecular complexity index is 1170. The number of fused-ring (bicyclic) bond motifs is 1. The molecule has 1 aliphatic rings. The minimum atomic E-state index is -3.48. The van der Waals surface area contributed by atoms with Gasteiger partial charge in [0.2, 0.25) is 15.9 Å². The summed E-state index contributed by atoms with van der Waals surface area (Å²) in [5, 5.41) is 4.38. The summed E-state index contributed by atoms with van der Waals surface area (Å²) in [6, 6.07) is 14.8. The smallest absolute Gasteiger partial charge is 0.242 e. The lowest BCUT2D eigenvalue weighted by Crippen LogP contribution is -2.29. The number of sulfonamides is 1. The van der Waals surface area contributed by atoms with Crippen LogP contribution in [0.15, 0.2) is 65.8 Å². The number of para-hydroxylation sites is 1. The lowest BCUT2D eigenvalue weighted by Gasteiger charge is -2.18. The highest BCUT2D eigenvalue weighted by molar-refractivity contribution is 7.89. The number of amides is 1. The van der Waals surface area contributed by atoms with Crippen molar-refractivity contribution in [3.8, 4) is 5.69 Å². The Morgan fingerprint density at radius 3 is 2.63 bits per heavy atom. The van der Waals surface area contributed by atoms with Gasteiger partial charge in [0.25, 0.3) is 0 Å². The van der Waals surface area contributed by atoms with Crippen molar-refractivity contribution >= 4 is 21.6 Å². The van der Waals surface area contributed by atoms with Crippen LogP contribution in [0.1, 0.15) is 17.5 Å². The fourth-order valence-corrected chi connectivity index (χ4v) is 4.56. The van der Waals surface area contributed by atoms with Crippen molar-refractivity contribution in [3.63, 3.8) is 0 Å². The molecule has 8 heteroatoms. The number of nitrogens with zero attached hydrogens (tertiary/aromatic N) is 4. The summed E-state index contributed by atoms with van der Waals surface area (Å²) in [6.45, 7) is 0.572. The molecular formula is C22H24N4O3S. The molecule has 0 N–H and O–H groups in total. The fourth-order valence-electron chi connectivity index (χ4n) is 3.61. The second kappa shape index (κ2) is 8.04. The van der Waals surface area contributed by atoms with Gasteiger partial charge in [-0.25, -0.2) is 17.4 Å². The van der Waals surface area contributed by atoms with Gasteiger partial charge in [-0.3, -0.25) is 4.79 Å². The van der Waals surface area contributed by atoms with Crippen LogP contribution in [0.3, 0.4) is 0 Å². The molecule has 4 rings (SSSR count). The predicted molar refractivity (Wildman–Crippen MR) is 115 cm³/mol. The maximum Gasteiger partial charge on any atom is 0.242 e. The highest BCUT2D eigenvalue weighted by Crippen LogP contribution is 2.31. The summed E-state index contributed by atoms with van der Waals surface area (Å²) >= 11 is 0. The first-order valence-corrected chi connectivity index (χ1v) is 11.2. The second-order valence-electron chi connectivity index (χ2n) is 7.50. The number of anilines is 1. The largest absolute Gasteiger partial charge is 0.312 e. The monoisotopic (exact) mass is 424 g/mol. The van der Waals surface area contributed by atoms with E-state index < -0.39 is 10.0 Å². The Balaban J connectivity index is 1.43. The zero-order valence-electron chi connectivity index (χ0n) is 17.0. The van der Waals surface area contributed by atoms with E-state index in [2.05, 4.69) is 5.10 Å². The number of carbonyl (C=O) groups is 1. The van der Waals surface area contributed by atoms with Gasteiger partial charge < -0.3 is 4.90 Å². The maximum absolute atomic E-state index is 12.8. The summed E-state index contributed by atoms with van der Waals surface area (Å²) in [6.07, 6.45) is 5.36. The first-order valence-electron chi connectivity index (χ1n) is 9.81. The molecule has 1 aliphatic heterocycles. The normalized spacial score (nSPS) is 13.6. The molecule has 156 valence electrons. The van der Waals surface area contributed by atoms with Gasteiger partial charge in [0.15, 0.2) is 0 Å². The van der Waals surface area contributed by atoms with Gasteiger partial charge in [-0.1, -0.05) is 18.2 Å². The number of rotatable bonds is 6. The van der Waals surface area contributed by atoms with Crippen LogP contribution in [0.2, 0.25) is 0 Å². The van der Waals surface area contributed by atoms with E-state index in [1.807, 2.05) is 36.5 Å². The lowest BCUT2D eigenvalue weighted by atomic mass is 10.1. The third-order valence-corrected chi connectivity index (χ3v) is 7.12. The zero-order valence-corrected chi connectivity index (χ0v) is 17.8. The van der Waals surface area contributed by atoms with Gasteiger partial charge in [0.1, 0.15) is 0 Å². The molecule has 1 aromatic heterocycles. The van der Waals surface area contributed by atoms with Crippen LogP contribution >= 0.6 is 0 Å². The van der Waals surface area contributed by atoms with Crippen molar-refractivity contribution < 1.29 is 13.2 Å². The molecule has 0 radical (unpaired) electrons. The van der Waals surface area contributed by atoms with Gasteiger partial charge in [-0.15, -0.1) is 0 Å². The van der Waals surface area contributed by atoms with Crippen LogP contribution in [0.4, 0.5) is 5.69 Å². The Morgan fingerprint density at radius 2 is 1.90 bits per heavy atom. The number of aromatic nitrogens is 2. The average Bonchev–Trinajstić information content (AvgIpc) is 3.39. The Hall–Kier alpha value is -2.97. The maximum atomic E-state index is 12.8. The molecule has 3 aromatic rings. The SMILES string of the molecule is CN(C)S(=O)(=O)c1ccc2c(c1)CCN2C(=O)CCc1cnn(-c2ccccc2)c1. The van der Waals surface area contributed by atoms with E-state index in [-0.39, 0.29) is 10.8 Å². The van der Waals surface area contributed by atoms with Crippen molar-refractivity contribution in [3.05, 3.63) is 72.1 Å². The molecule has 7 nitrogen and oxygen atoms in total. The zero-order chi connectivity index (χ0) is 21.3. The van der Waals surface area contributed by atoms with Gasteiger partial charge >= 0.3 is 0 Å². The van der Waals surface area contributed by atoms with Crippen LogP contribution in [-0.4, -0.2) is 49.1 Å². The molecule has 0 atom stereocenters. The lowest BCUT2D eigenvalue weighted by molar-refractivity contribution is -0.118. The summed E-state index contributed by atoms with van der Waals surface area (Å²) in [5.74, 6) is 0.0319. The molecule has 2 aromatic carbocycles. The third kappa shape index (κ3) is 3.88. The van der Waals surface area contributed by atoms with Crippen LogP contribution in [0.25, 0.3) is 5.69 Å². The predicted octanol–water partition coefficient (Wildman–Crippen LogP) is 2.64. The Morgan fingerprint density at radius 1 is 1.13 bits per heavy atom. The molecule has 0 bridgehead atoms. The van der Waals surface area contributed by atoms with Crippen molar-refractivity contribution in [2.45, 2.75) is 24.2 Å². The van der Waals surface area contributed by atoms with E-state index in [0.29, 0.717) is 25.8 Å². The standard InChI is InChI=1S/C22H24N4O3S/c1-24(2)30(28,29)20-9-10-21-18(14-20)12-13-25(21)22(27)11-8-17-15-23-26(16-17)19-6-4-3-5-7-19/h3-7,9-10,14-16H,8,11-13H2,1-2H3. The number of benzene rings is 2. The number of hydrogen-bond acceptors (Lipinski definition) is 4. The van der Waals surface area contributed by atoms with Crippen LogP contribution in [0, 0.1) is 0 Å². The van der Waals surface area contributed by atoms with E-state index >= 15 is 0 Å². The molecular weight excluding hydrogens is 400 g/mol. The average molecular weight is 425 g/mol. The minimum Gasteiger partial charge on any atom is -0.312 e. The molecule has 0 spiro atoms. The van der Waals surface area contributed by atoms with E-state index in [4.69, 9.17) is 0 Å². The third-order valence-electron chi connectivity index (χ3n) is 5.31. The summed E-state index contributed by atoms with van der Waals surface area (Å²) in [7, 11) is -0.458. The van der Waals surface area contributed by atoms with Gasteiger partial charge in [-0.05, 0) is 54.3 Å². The molecule has 1 amide bonds. The van der Waals surface area contributed by atoms with Crippen LogP contribution in [-0.2, 0) is 27.7 Å². The van der Waals surface area contributed by atoms with Crippen molar-refractivity contribution in [2.24, 2.45) is 0 Å². The highest BCUT2D eigenvalue weighted by atomic mass is 32.2. The first kappa shape index (κ1) is 20.3. The van der Waals surface area contributed by atoms with E-state index in [9.17, 15) is 13.2 Å². The summed E-state index contributed by atoms with van der Waals surface area (Å²) < 4.78 is 27.7. The number of hydrogen-bond donors (Lipinski definition) is 0. The quantitative estimate of drug-likeness (QED) is 0.610. The molecule has 0 saturated carbocycles. The molecule has 30 heavy (non-hydrogen) atoms. The highest BCUT2D eigenvalue weighted by Gasteiger charge is 2.27. The van der Waals surface area contributed by atoms with Gasteiger partial charge in [0.05, 0.1) is 16.8 Å². The molecule has 2 heterocycles. The van der Waals surface area contributed by atoms with Gasteiger partial charge in [-0.2, -0.15) is 5.10 Å². The van der Waals surface area contributed by atoms with Gasteiger partial charge in [0, 0.05) is 38.9 Å². The Labute approximate surface area is 176 Å². The number of aryl methyl sites for hydroxylation is 1. The first-order chi connectivity index (χ1) is 14.4.